The molecule has 2 aliphatic carbocycles. The van der Waals surface area contributed by atoms with Gasteiger partial charge in [-0.15, -0.1) is 0 Å². The van der Waals surface area contributed by atoms with Gasteiger partial charge in [0.05, 0.1) is 21.1 Å². The van der Waals surface area contributed by atoms with Crippen molar-refractivity contribution in [2.45, 2.75) is 43.6 Å². The number of benzene rings is 1. The van der Waals surface area contributed by atoms with Crippen molar-refractivity contribution in [3.63, 3.8) is 0 Å². The number of hydrogen-bond acceptors (Lipinski definition) is 3. The monoisotopic (exact) mass is 307 g/mol. The molecule has 0 aromatic heterocycles. The predicted molar refractivity (Wildman–Crippen MR) is 85.6 cm³/mol. The molecule has 1 aromatic carbocycles. The van der Waals surface area contributed by atoms with Gasteiger partial charge in [-0.3, -0.25) is 0 Å². The summed E-state index contributed by atoms with van der Waals surface area (Å²) in [6.07, 6.45) is 3.02. The highest BCUT2D eigenvalue weighted by atomic mass is 32.2. The van der Waals surface area contributed by atoms with Gasteiger partial charge in [-0.25, -0.2) is 8.57 Å². The Hall–Kier alpha value is -0.870. The van der Waals surface area contributed by atoms with E-state index in [2.05, 4.69) is 18.2 Å². The van der Waals surface area contributed by atoms with Crippen molar-refractivity contribution < 1.29 is 9.32 Å². The number of hydrogen-bond donors (Lipinski definition) is 1. The molecule has 0 heterocycles. The van der Waals surface area contributed by atoms with Gasteiger partial charge in [0.25, 0.3) is 0 Å². The van der Waals surface area contributed by atoms with Crippen molar-refractivity contribution in [2.75, 3.05) is 12.8 Å². The SMILES string of the molecule is CN=[S@](=O)(C[C@]1(O)C[C@H]2C[C@H]1C(C)(C)C2)c1ccccc1. The van der Waals surface area contributed by atoms with Crippen LogP contribution in [0.2, 0.25) is 0 Å². The summed E-state index contributed by atoms with van der Waals surface area (Å²) in [7, 11) is -0.937. The van der Waals surface area contributed by atoms with Gasteiger partial charge in [-0.1, -0.05) is 32.0 Å². The van der Waals surface area contributed by atoms with Crippen molar-refractivity contribution in [1.29, 1.82) is 0 Å². The number of fused-ring (bicyclic) bond motifs is 2. The van der Waals surface area contributed by atoms with Crippen molar-refractivity contribution >= 4 is 9.73 Å². The molecule has 2 saturated carbocycles. The molecule has 2 bridgehead atoms. The first-order valence-corrected chi connectivity index (χ1v) is 9.38. The third-order valence-electron chi connectivity index (χ3n) is 5.47. The maximum absolute atomic E-state index is 13.3. The summed E-state index contributed by atoms with van der Waals surface area (Å²) in [6.45, 7) is 4.46. The smallest absolute Gasteiger partial charge is 0.0810 e. The number of nitrogens with zero attached hydrogens (tertiary/aromatic N) is 1. The van der Waals surface area contributed by atoms with E-state index in [0.717, 1.165) is 17.7 Å². The molecular formula is C17H25NO2S. The fourth-order valence-electron chi connectivity index (χ4n) is 4.75. The summed E-state index contributed by atoms with van der Waals surface area (Å²) in [4.78, 5) is 0.738. The molecule has 4 atom stereocenters. The van der Waals surface area contributed by atoms with Crippen LogP contribution in [0.4, 0.5) is 0 Å². The highest BCUT2D eigenvalue weighted by Gasteiger charge is 2.59. The third kappa shape index (κ3) is 2.42. The molecule has 0 saturated heterocycles. The van der Waals surface area contributed by atoms with Gasteiger partial charge in [0.15, 0.2) is 0 Å². The summed E-state index contributed by atoms with van der Waals surface area (Å²) in [5.74, 6) is 1.08. The van der Waals surface area contributed by atoms with Gasteiger partial charge in [0.1, 0.15) is 0 Å². The zero-order chi connectivity index (χ0) is 15.3. The maximum atomic E-state index is 13.3. The van der Waals surface area contributed by atoms with Crippen LogP contribution in [-0.4, -0.2) is 27.7 Å². The van der Waals surface area contributed by atoms with Crippen LogP contribution < -0.4 is 0 Å². The molecule has 4 heteroatoms. The van der Waals surface area contributed by atoms with Crippen LogP contribution in [0.5, 0.6) is 0 Å². The molecule has 0 spiro atoms. The zero-order valence-electron chi connectivity index (χ0n) is 13.1. The summed E-state index contributed by atoms with van der Waals surface area (Å²) in [6, 6.07) is 9.40. The lowest BCUT2D eigenvalue weighted by atomic mass is 9.69. The topological polar surface area (TPSA) is 49.7 Å². The largest absolute Gasteiger partial charge is 0.389 e. The Bertz CT molecular complexity index is 646. The number of rotatable bonds is 3. The van der Waals surface area contributed by atoms with Crippen molar-refractivity contribution in [1.82, 2.24) is 0 Å². The van der Waals surface area contributed by atoms with E-state index in [4.69, 9.17) is 0 Å². The minimum atomic E-state index is -2.55. The Morgan fingerprint density at radius 3 is 2.48 bits per heavy atom. The zero-order valence-corrected chi connectivity index (χ0v) is 13.9. The van der Waals surface area contributed by atoms with Crippen LogP contribution in [0.15, 0.2) is 39.6 Å². The second kappa shape index (κ2) is 4.82. The van der Waals surface area contributed by atoms with Gasteiger partial charge in [-0.05, 0) is 48.6 Å². The Morgan fingerprint density at radius 2 is 1.95 bits per heavy atom. The van der Waals surface area contributed by atoms with Gasteiger partial charge < -0.3 is 5.11 Å². The van der Waals surface area contributed by atoms with Crippen LogP contribution in [0.3, 0.4) is 0 Å². The lowest BCUT2D eigenvalue weighted by molar-refractivity contribution is -0.0423. The fraction of sp³-hybridized carbons (Fsp3) is 0.647. The minimum absolute atomic E-state index is 0.141. The van der Waals surface area contributed by atoms with Gasteiger partial charge >= 0.3 is 0 Å². The summed E-state index contributed by atoms with van der Waals surface area (Å²) >= 11 is 0. The standard InChI is InChI=1S/C17H25NO2S/c1-16(2)10-13-9-15(16)17(19,11-13)12-21(20,18-3)14-7-5-4-6-8-14/h4-8,13,15,19H,9-12H2,1-3H3/t13-,15-,17+,21-/m0/s1. The predicted octanol–water partition coefficient (Wildman–Crippen LogP) is 3.33. The second-order valence-corrected chi connectivity index (χ2v) is 9.84. The summed E-state index contributed by atoms with van der Waals surface area (Å²) < 4.78 is 17.5. The molecular weight excluding hydrogens is 282 g/mol. The highest BCUT2D eigenvalue weighted by molar-refractivity contribution is 7.93. The molecule has 1 aromatic rings. The van der Waals surface area contributed by atoms with Crippen molar-refractivity contribution in [3.8, 4) is 0 Å². The first-order chi connectivity index (χ1) is 9.79. The molecule has 0 unspecified atom stereocenters. The maximum Gasteiger partial charge on any atom is 0.0810 e. The normalized spacial score (nSPS) is 36.4. The Balaban J connectivity index is 1.94. The van der Waals surface area contributed by atoms with Crippen LogP contribution in [0.1, 0.15) is 33.1 Å². The second-order valence-electron chi connectivity index (χ2n) is 7.44. The number of aliphatic hydroxyl groups is 1. The minimum Gasteiger partial charge on any atom is -0.389 e. The van der Waals surface area contributed by atoms with Crippen molar-refractivity contribution in [2.24, 2.45) is 21.6 Å². The molecule has 2 aliphatic rings. The van der Waals surface area contributed by atoms with Crippen LogP contribution >= 0.6 is 0 Å². The van der Waals surface area contributed by atoms with Crippen molar-refractivity contribution in [3.05, 3.63) is 30.3 Å². The average Bonchev–Trinajstić information content (AvgIpc) is 2.91. The van der Waals surface area contributed by atoms with Crippen LogP contribution in [0, 0.1) is 17.3 Å². The van der Waals surface area contributed by atoms with Gasteiger partial charge in [0, 0.05) is 11.9 Å². The first-order valence-electron chi connectivity index (χ1n) is 7.69. The molecule has 3 nitrogen and oxygen atoms in total. The van der Waals surface area contributed by atoms with Crippen LogP contribution in [0.25, 0.3) is 0 Å². The van der Waals surface area contributed by atoms with Gasteiger partial charge in [0.2, 0.25) is 0 Å². The van der Waals surface area contributed by atoms with E-state index in [1.54, 1.807) is 7.05 Å². The molecule has 0 amide bonds. The highest BCUT2D eigenvalue weighted by Crippen LogP contribution is 2.60. The van der Waals surface area contributed by atoms with E-state index < -0.39 is 15.3 Å². The molecule has 21 heavy (non-hydrogen) atoms. The lowest BCUT2D eigenvalue weighted by Gasteiger charge is -2.42. The quantitative estimate of drug-likeness (QED) is 0.931. The fourth-order valence-corrected chi connectivity index (χ4v) is 6.84. The Morgan fingerprint density at radius 1 is 1.29 bits per heavy atom. The lowest BCUT2D eigenvalue weighted by Crippen LogP contribution is -2.48. The Kier molecular flexibility index (Phi) is 3.45. The molecule has 2 fully saturated rings. The van der Waals surface area contributed by atoms with E-state index in [9.17, 15) is 9.32 Å². The van der Waals surface area contributed by atoms with E-state index in [1.165, 1.54) is 6.42 Å². The first kappa shape index (κ1) is 15.0. The van der Waals surface area contributed by atoms with Crippen LogP contribution in [-0.2, 0) is 9.73 Å². The van der Waals surface area contributed by atoms with E-state index in [1.807, 2.05) is 30.3 Å². The molecule has 0 radical (unpaired) electrons. The molecule has 116 valence electrons. The van der Waals surface area contributed by atoms with E-state index >= 15 is 0 Å². The van der Waals surface area contributed by atoms with Gasteiger partial charge in [-0.2, -0.15) is 0 Å². The summed E-state index contributed by atoms with van der Waals surface area (Å²) in [5.41, 5.74) is -0.693. The Labute approximate surface area is 128 Å². The third-order valence-corrected chi connectivity index (χ3v) is 7.96. The molecule has 3 rings (SSSR count). The molecule has 0 aliphatic heterocycles. The summed E-state index contributed by atoms with van der Waals surface area (Å²) in [5, 5.41) is 11.2. The van der Waals surface area contributed by atoms with E-state index in [-0.39, 0.29) is 17.1 Å². The van der Waals surface area contributed by atoms with E-state index in [0.29, 0.717) is 5.92 Å². The average molecular weight is 307 g/mol. The molecule has 1 N–H and O–H groups in total.